The Labute approximate surface area is 105 Å². The molecule has 1 heterocycles. The van der Waals surface area contributed by atoms with Crippen LogP contribution in [0.5, 0.6) is 0 Å². The Hall–Kier alpha value is -0.610. The van der Waals surface area contributed by atoms with Crippen molar-refractivity contribution in [3.8, 4) is 0 Å². The fourth-order valence-electron chi connectivity index (χ4n) is 2.06. The van der Waals surface area contributed by atoms with Crippen LogP contribution in [0.2, 0.25) is 0 Å². The number of amides is 1. The van der Waals surface area contributed by atoms with Gasteiger partial charge in [0.1, 0.15) is 6.61 Å². The molecule has 1 N–H and O–H groups in total. The van der Waals surface area contributed by atoms with Crippen molar-refractivity contribution in [1.82, 2.24) is 10.2 Å². The van der Waals surface area contributed by atoms with Crippen molar-refractivity contribution in [3.05, 3.63) is 0 Å². The SMILES string of the molecule is CCC(C)CNC1CCN(C(=O)COC)CC1. The molecule has 1 aliphatic heterocycles. The first kappa shape index (κ1) is 14.5. The van der Waals surface area contributed by atoms with E-state index in [0.29, 0.717) is 6.04 Å². The predicted octanol–water partition coefficient (Wildman–Crippen LogP) is 1.26. The van der Waals surface area contributed by atoms with E-state index < -0.39 is 0 Å². The fourth-order valence-corrected chi connectivity index (χ4v) is 2.06. The van der Waals surface area contributed by atoms with Crippen LogP contribution in [0, 0.1) is 5.92 Å². The van der Waals surface area contributed by atoms with Crippen molar-refractivity contribution >= 4 is 5.91 Å². The number of nitrogens with one attached hydrogen (secondary N) is 1. The Morgan fingerprint density at radius 3 is 2.65 bits per heavy atom. The van der Waals surface area contributed by atoms with Crippen molar-refractivity contribution in [3.63, 3.8) is 0 Å². The number of hydrogen-bond donors (Lipinski definition) is 1. The second-order valence-electron chi connectivity index (χ2n) is 5.01. The predicted molar refractivity (Wildman–Crippen MR) is 68.9 cm³/mol. The minimum Gasteiger partial charge on any atom is -0.375 e. The van der Waals surface area contributed by atoms with Crippen LogP contribution in [0.25, 0.3) is 0 Å². The number of ether oxygens (including phenoxy) is 1. The van der Waals surface area contributed by atoms with Crippen LogP contribution in [0.3, 0.4) is 0 Å². The van der Waals surface area contributed by atoms with Gasteiger partial charge in [0.05, 0.1) is 0 Å². The first-order valence-corrected chi connectivity index (χ1v) is 6.67. The molecular formula is C13H26N2O2. The molecule has 1 unspecified atom stereocenters. The smallest absolute Gasteiger partial charge is 0.248 e. The fraction of sp³-hybridized carbons (Fsp3) is 0.923. The topological polar surface area (TPSA) is 41.6 Å². The van der Waals surface area contributed by atoms with Crippen molar-refractivity contribution in [2.24, 2.45) is 5.92 Å². The summed E-state index contributed by atoms with van der Waals surface area (Å²) in [6, 6.07) is 0.579. The number of likely N-dealkylation sites (tertiary alicyclic amines) is 1. The molecule has 1 saturated heterocycles. The van der Waals surface area contributed by atoms with E-state index in [4.69, 9.17) is 4.74 Å². The van der Waals surface area contributed by atoms with Crippen LogP contribution >= 0.6 is 0 Å². The lowest BCUT2D eigenvalue weighted by Gasteiger charge is -2.32. The Bertz CT molecular complexity index is 225. The van der Waals surface area contributed by atoms with Crippen molar-refractivity contribution in [1.29, 1.82) is 0 Å². The molecule has 4 heteroatoms. The Kier molecular flexibility index (Phi) is 6.52. The molecule has 0 radical (unpaired) electrons. The van der Waals surface area contributed by atoms with Gasteiger partial charge in [0.2, 0.25) is 5.91 Å². The highest BCUT2D eigenvalue weighted by Gasteiger charge is 2.22. The van der Waals surface area contributed by atoms with Crippen LogP contribution in [-0.2, 0) is 9.53 Å². The van der Waals surface area contributed by atoms with E-state index in [1.54, 1.807) is 7.11 Å². The van der Waals surface area contributed by atoms with Gasteiger partial charge in [-0.1, -0.05) is 20.3 Å². The molecule has 0 bridgehead atoms. The number of nitrogens with zero attached hydrogens (tertiary/aromatic N) is 1. The third-order valence-electron chi connectivity index (χ3n) is 3.57. The van der Waals surface area contributed by atoms with Crippen molar-refractivity contribution < 1.29 is 9.53 Å². The van der Waals surface area contributed by atoms with Gasteiger partial charge >= 0.3 is 0 Å². The van der Waals surface area contributed by atoms with E-state index >= 15 is 0 Å². The van der Waals surface area contributed by atoms with Crippen LogP contribution in [0.4, 0.5) is 0 Å². The van der Waals surface area contributed by atoms with Gasteiger partial charge in [-0.15, -0.1) is 0 Å². The number of piperidine rings is 1. The largest absolute Gasteiger partial charge is 0.375 e. The maximum atomic E-state index is 11.6. The number of carbonyl (C=O) groups is 1. The van der Waals surface area contributed by atoms with E-state index in [2.05, 4.69) is 19.2 Å². The summed E-state index contributed by atoms with van der Waals surface area (Å²) in [7, 11) is 1.57. The Morgan fingerprint density at radius 2 is 2.12 bits per heavy atom. The normalized spacial score (nSPS) is 19.4. The molecular weight excluding hydrogens is 216 g/mol. The van der Waals surface area contributed by atoms with Crippen LogP contribution < -0.4 is 5.32 Å². The number of hydrogen-bond acceptors (Lipinski definition) is 3. The zero-order valence-corrected chi connectivity index (χ0v) is 11.4. The molecule has 0 aliphatic carbocycles. The summed E-state index contributed by atoms with van der Waals surface area (Å²) in [5.41, 5.74) is 0. The molecule has 0 aromatic heterocycles. The highest BCUT2D eigenvalue weighted by atomic mass is 16.5. The van der Waals surface area contributed by atoms with E-state index in [9.17, 15) is 4.79 Å². The molecule has 1 fully saturated rings. The summed E-state index contributed by atoms with van der Waals surface area (Å²) in [6.45, 7) is 7.52. The van der Waals surface area contributed by atoms with Gasteiger partial charge in [0, 0.05) is 26.2 Å². The summed E-state index contributed by atoms with van der Waals surface area (Å²) in [5.74, 6) is 0.857. The molecule has 100 valence electrons. The van der Waals surface area contributed by atoms with Gasteiger partial charge in [0.15, 0.2) is 0 Å². The van der Waals surface area contributed by atoms with Gasteiger partial charge in [-0.3, -0.25) is 4.79 Å². The second kappa shape index (κ2) is 7.67. The quantitative estimate of drug-likeness (QED) is 0.762. The molecule has 0 aromatic rings. The molecule has 4 nitrogen and oxygen atoms in total. The first-order valence-electron chi connectivity index (χ1n) is 6.67. The minimum absolute atomic E-state index is 0.118. The van der Waals surface area contributed by atoms with E-state index in [-0.39, 0.29) is 12.5 Å². The highest BCUT2D eigenvalue weighted by molar-refractivity contribution is 5.77. The van der Waals surface area contributed by atoms with Crippen LogP contribution in [0.15, 0.2) is 0 Å². The minimum atomic E-state index is 0.118. The van der Waals surface area contributed by atoms with E-state index in [1.807, 2.05) is 4.90 Å². The third kappa shape index (κ3) is 5.04. The van der Waals surface area contributed by atoms with Crippen LogP contribution in [0.1, 0.15) is 33.1 Å². The Morgan fingerprint density at radius 1 is 1.47 bits per heavy atom. The lowest BCUT2D eigenvalue weighted by atomic mass is 10.0. The summed E-state index contributed by atoms with van der Waals surface area (Å²) >= 11 is 0. The van der Waals surface area contributed by atoms with Gasteiger partial charge in [-0.05, 0) is 25.3 Å². The zero-order chi connectivity index (χ0) is 12.7. The van der Waals surface area contributed by atoms with Crippen LogP contribution in [-0.4, -0.2) is 50.2 Å². The molecule has 1 aliphatic rings. The first-order chi connectivity index (χ1) is 8.17. The van der Waals surface area contributed by atoms with E-state index in [1.165, 1.54) is 6.42 Å². The van der Waals surface area contributed by atoms with Gasteiger partial charge in [0.25, 0.3) is 0 Å². The highest BCUT2D eigenvalue weighted by Crippen LogP contribution is 2.11. The monoisotopic (exact) mass is 242 g/mol. The molecule has 0 saturated carbocycles. The number of carbonyl (C=O) groups excluding carboxylic acids is 1. The maximum Gasteiger partial charge on any atom is 0.248 e. The Balaban J connectivity index is 2.19. The lowest BCUT2D eigenvalue weighted by molar-refractivity contribution is -0.136. The van der Waals surface area contributed by atoms with Crippen molar-refractivity contribution in [2.45, 2.75) is 39.2 Å². The summed E-state index contributed by atoms with van der Waals surface area (Å²) in [4.78, 5) is 13.5. The standard InChI is InChI=1S/C13H26N2O2/c1-4-11(2)9-14-12-5-7-15(8-6-12)13(16)10-17-3/h11-12,14H,4-10H2,1-3H3. The molecule has 1 rings (SSSR count). The lowest BCUT2D eigenvalue weighted by Crippen LogP contribution is -2.46. The zero-order valence-electron chi connectivity index (χ0n) is 11.4. The molecule has 0 aromatic carbocycles. The molecule has 1 amide bonds. The molecule has 17 heavy (non-hydrogen) atoms. The average molecular weight is 242 g/mol. The van der Waals surface area contributed by atoms with Gasteiger partial charge < -0.3 is 15.0 Å². The summed E-state index contributed by atoms with van der Waals surface area (Å²) < 4.78 is 4.87. The number of methoxy groups -OCH3 is 1. The van der Waals surface area contributed by atoms with Crippen molar-refractivity contribution in [2.75, 3.05) is 33.4 Å². The molecule has 0 spiro atoms. The van der Waals surface area contributed by atoms with E-state index in [0.717, 1.165) is 38.4 Å². The molecule has 1 atom stereocenters. The maximum absolute atomic E-state index is 11.6. The summed E-state index contributed by atoms with van der Waals surface area (Å²) in [5, 5.41) is 3.59. The average Bonchev–Trinajstić information content (AvgIpc) is 2.36. The number of rotatable bonds is 6. The van der Waals surface area contributed by atoms with Gasteiger partial charge in [-0.2, -0.15) is 0 Å². The third-order valence-corrected chi connectivity index (χ3v) is 3.57. The van der Waals surface area contributed by atoms with Gasteiger partial charge in [-0.25, -0.2) is 0 Å². The second-order valence-corrected chi connectivity index (χ2v) is 5.01. The summed E-state index contributed by atoms with van der Waals surface area (Å²) in [6.07, 6.45) is 3.34.